The molecule has 1 rings (SSSR count). The van der Waals surface area contributed by atoms with Crippen LogP contribution in [0.25, 0.3) is 0 Å². The number of rotatable bonds is 4. The lowest BCUT2D eigenvalue weighted by atomic mass is 9.80. The number of piperidine rings is 1. The number of nitrogens with one attached hydrogen (secondary N) is 2. The smallest absolute Gasteiger partial charge is 0.318 e. The van der Waals surface area contributed by atoms with E-state index >= 15 is 0 Å². The summed E-state index contributed by atoms with van der Waals surface area (Å²) in [5.41, 5.74) is -0.766. The summed E-state index contributed by atoms with van der Waals surface area (Å²) in [6.45, 7) is 7.79. The fraction of sp³-hybridized carbons (Fsp3) is 0.786. The lowest BCUT2D eigenvalue weighted by Gasteiger charge is -2.36. The molecule has 0 aromatic rings. The zero-order valence-electron chi connectivity index (χ0n) is 13.1. The Bertz CT molecular complexity index is 414. The van der Waals surface area contributed by atoms with E-state index in [1.165, 1.54) is 0 Å². The van der Waals surface area contributed by atoms with Crippen molar-refractivity contribution in [2.45, 2.75) is 52.6 Å². The first kappa shape index (κ1) is 17.3. The molecule has 3 amide bonds. The van der Waals surface area contributed by atoms with Crippen molar-refractivity contribution in [3.05, 3.63) is 0 Å². The molecule has 0 spiro atoms. The van der Waals surface area contributed by atoms with Gasteiger partial charge in [0.25, 0.3) is 0 Å². The van der Waals surface area contributed by atoms with Gasteiger partial charge in [-0.15, -0.1) is 0 Å². The Morgan fingerprint density at radius 1 is 1.10 bits per heavy atom. The van der Waals surface area contributed by atoms with Crippen LogP contribution in [0.2, 0.25) is 0 Å². The fourth-order valence-electron chi connectivity index (χ4n) is 2.17. The van der Waals surface area contributed by atoms with Crippen molar-refractivity contribution in [3.8, 4) is 0 Å². The highest BCUT2D eigenvalue weighted by atomic mass is 16.4. The fourth-order valence-corrected chi connectivity index (χ4v) is 2.17. The third kappa shape index (κ3) is 4.61. The molecule has 0 bridgehead atoms. The van der Waals surface area contributed by atoms with E-state index in [-0.39, 0.29) is 18.0 Å². The predicted molar refractivity (Wildman–Crippen MR) is 77.8 cm³/mol. The van der Waals surface area contributed by atoms with E-state index in [9.17, 15) is 14.4 Å². The van der Waals surface area contributed by atoms with E-state index < -0.39 is 17.4 Å². The second-order valence-electron chi connectivity index (χ2n) is 6.19. The van der Waals surface area contributed by atoms with Gasteiger partial charge in [-0.25, -0.2) is 4.79 Å². The van der Waals surface area contributed by atoms with Gasteiger partial charge in [0.05, 0.1) is 5.41 Å². The average Bonchev–Trinajstić information content (AvgIpc) is 2.38. The van der Waals surface area contributed by atoms with E-state index in [4.69, 9.17) is 5.11 Å². The van der Waals surface area contributed by atoms with Gasteiger partial charge in [0.1, 0.15) is 6.04 Å². The van der Waals surface area contributed by atoms with Crippen LogP contribution in [0.3, 0.4) is 0 Å². The molecule has 1 atom stereocenters. The second kappa shape index (κ2) is 6.78. The summed E-state index contributed by atoms with van der Waals surface area (Å²) in [4.78, 5) is 36.5. The highest BCUT2D eigenvalue weighted by Gasteiger charge is 2.38. The van der Waals surface area contributed by atoms with E-state index in [1.807, 2.05) is 13.8 Å². The van der Waals surface area contributed by atoms with Crippen LogP contribution in [0.4, 0.5) is 4.79 Å². The number of carbonyl (C=O) groups is 3. The Kier molecular flexibility index (Phi) is 5.57. The van der Waals surface area contributed by atoms with E-state index in [2.05, 4.69) is 10.6 Å². The van der Waals surface area contributed by atoms with E-state index in [1.54, 1.807) is 18.7 Å². The molecule has 0 saturated carbocycles. The Balaban J connectivity index is 2.48. The summed E-state index contributed by atoms with van der Waals surface area (Å²) >= 11 is 0. The monoisotopic (exact) mass is 299 g/mol. The first-order valence-electron chi connectivity index (χ1n) is 7.25. The van der Waals surface area contributed by atoms with Crippen LogP contribution in [0.15, 0.2) is 0 Å². The summed E-state index contributed by atoms with van der Waals surface area (Å²) in [5.74, 6) is -1.06. The van der Waals surface area contributed by atoms with Crippen LogP contribution in [0.5, 0.6) is 0 Å². The minimum atomic E-state index is -0.827. The molecule has 0 radical (unpaired) electrons. The lowest BCUT2D eigenvalue weighted by molar-refractivity contribution is -0.150. The molecular formula is C14H25N3O4. The van der Waals surface area contributed by atoms with Crippen molar-refractivity contribution in [1.29, 1.82) is 0 Å². The van der Waals surface area contributed by atoms with Crippen LogP contribution in [0.1, 0.15) is 40.5 Å². The van der Waals surface area contributed by atoms with Gasteiger partial charge in [-0.1, -0.05) is 0 Å². The van der Waals surface area contributed by atoms with Crippen LogP contribution >= 0.6 is 0 Å². The Morgan fingerprint density at radius 3 is 2.05 bits per heavy atom. The summed E-state index contributed by atoms with van der Waals surface area (Å²) in [5, 5.41) is 14.5. The topological polar surface area (TPSA) is 98.7 Å². The Morgan fingerprint density at radius 2 is 1.62 bits per heavy atom. The number of amides is 3. The molecule has 0 aromatic heterocycles. The van der Waals surface area contributed by atoms with Crippen molar-refractivity contribution in [1.82, 2.24) is 15.5 Å². The van der Waals surface area contributed by atoms with Crippen molar-refractivity contribution in [3.63, 3.8) is 0 Å². The molecule has 1 aliphatic rings. The van der Waals surface area contributed by atoms with E-state index in [0.29, 0.717) is 25.9 Å². The van der Waals surface area contributed by atoms with Gasteiger partial charge in [-0.3, -0.25) is 9.59 Å². The third-order valence-electron chi connectivity index (χ3n) is 3.83. The normalized spacial score (nSPS) is 19.0. The molecule has 7 nitrogen and oxygen atoms in total. The molecule has 3 N–H and O–H groups in total. The van der Waals surface area contributed by atoms with Crippen molar-refractivity contribution < 1.29 is 19.5 Å². The minimum Gasteiger partial charge on any atom is -0.481 e. The van der Waals surface area contributed by atoms with Crippen LogP contribution in [-0.2, 0) is 9.59 Å². The number of nitrogens with zero attached hydrogens (tertiary/aromatic N) is 1. The highest BCUT2D eigenvalue weighted by Crippen LogP contribution is 2.30. The summed E-state index contributed by atoms with van der Waals surface area (Å²) in [6, 6.07) is -0.926. The van der Waals surface area contributed by atoms with Gasteiger partial charge < -0.3 is 20.6 Å². The lowest BCUT2D eigenvalue weighted by Crippen LogP contribution is -2.53. The summed E-state index contributed by atoms with van der Waals surface area (Å²) < 4.78 is 0. The van der Waals surface area contributed by atoms with Gasteiger partial charge in [-0.05, 0) is 40.5 Å². The molecule has 21 heavy (non-hydrogen) atoms. The number of hydrogen-bond acceptors (Lipinski definition) is 3. The van der Waals surface area contributed by atoms with Gasteiger partial charge in [-0.2, -0.15) is 0 Å². The maximum atomic E-state index is 12.1. The largest absolute Gasteiger partial charge is 0.481 e. The quantitative estimate of drug-likeness (QED) is 0.715. The van der Waals surface area contributed by atoms with Crippen molar-refractivity contribution >= 4 is 17.9 Å². The highest BCUT2D eigenvalue weighted by molar-refractivity contribution is 5.87. The Labute approximate surface area is 125 Å². The van der Waals surface area contributed by atoms with Crippen molar-refractivity contribution in [2.75, 3.05) is 13.1 Å². The molecule has 1 saturated heterocycles. The van der Waals surface area contributed by atoms with Gasteiger partial charge >= 0.3 is 12.0 Å². The SMILES string of the molecule is CC(C)NC(=O)C(C)NC(=O)N1CCC(C)(C(=O)O)CC1. The van der Waals surface area contributed by atoms with Crippen molar-refractivity contribution in [2.24, 2.45) is 5.41 Å². The number of aliphatic carboxylic acids is 1. The zero-order valence-corrected chi connectivity index (χ0v) is 13.1. The second-order valence-corrected chi connectivity index (χ2v) is 6.19. The number of likely N-dealkylation sites (tertiary alicyclic amines) is 1. The zero-order chi connectivity index (χ0) is 16.2. The predicted octanol–water partition coefficient (Wildman–Crippen LogP) is 0.796. The number of carboxylic acids is 1. The molecule has 7 heteroatoms. The van der Waals surface area contributed by atoms with Crippen LogP contribution in [0, 0.1) is 5.41 Å². The number of carbonyl (C=O) groups excluding carboxylic acids is 2. The number of carboxylic acid groups (broad SMARTS) is 1. The first-order chi connectivity index (χ1) is 9.65. The maximum absolute atomic E-state index is 12.1. The molecule has 1 unspecified atom stereocenters. The molecule has 1 aliphatic heterocycles. The van der Waals surface area contributed by atoms with E-state index in [0.717, 1.165) is 0 Å². The molecule has 0 aromatic carbocycles. The van der Waals surface area contributed by atoms with Crippen LogP contribution < -0.4 is 10.6 Å². The number of hydrogen-bond donors (Lipinski definition) is 3. The molecule has 1 heterocycles. The maximum Gasteiger partial charge on any atom is 0.318 e. The third-order valence-corrected chi connectivity index (χ3v) is 3.83. The summed E-state index contributed by atoms with van der Waals surface area (Å²) in [7, 11) is 0. The molecular weight excluding hydrogens is 274 g/mol. The van der Waals surface area contributed by atoms with Crippen LogP contribution in [-0.4, -0.2) is 53.1 Å². The first-order valence-corrected chi connectivity index (χ1v) is 7.25. The standard InChI is InChI=1S/C14H25N3O4/c1-9(2)15-11(18)10(3)16-13(21)17-7-5-14(4,6-8-17)12(19)20/h9-10H,5-8H2,1-4H3,(H,15,18)(H,16,21)(H,19,20). The molecule has 1 fully saturated rings. The summed E-state index contributed by atoms with van der Waals surface area (Å²) in [6.07, 6.45) is 0.838. The minimum absolute atomic E-state index is 0.0168. The molecule has 0 aliphatic carbocycles. The average molecular weight is 299 g/mol. The Hall–Kier alpha value is -1.79. The van der Waals surface area contributed by atoms with Gasteiger partial charge in [0, 0.05) is 19.1 Å². The van der Waals surface area contributed by atoms with Gasteiger partial charge in [0.15, 0.2) is 0 Å². The number of urea groups is 1. The van der Waals surface area contributed by atoms with Gasteiger partial charge in [0.2, 0.25) is 5.91 Å². The molecule has 120 valence electrons.